The minimum atomic E-state index is -0.475. The number of carbonyl (C=O) groups excluding carboxylic acids is 1. The van der Waals surface area contributed by atoms with Gasteiger partial charge in [0.05, 0.1) is 6.54 Å². The Balaban J connectivity index is 2.71. The highest BCUT2D eigenvalue weighted by Gasteiger charge is 2.10. The number of halogens is 1. The Kier molecular flexibility index (Phi) is 5.92. The van der Waals surface area contributed by atoms with Crippen molar-refractivity contribution < 1.29 is 14.4 Å². The summed E-state index contributed by atoms with van der Waals surface area (Å²) < 4.78 is 13.2. The summed E-state index contributed by atoms with van der Waals surface area (Å²) in [7, 11) is 1.71. The second kappa shape index (κ2) is 7.44. The Morgan fingerprint density at radius 1 is 1.55 bits per heavy atom. The van der Waals surface area contributed by atoms with Crippen LogP contribution in [0.15, 0.2) is 23.4 Å². The van der Waals surface area contributed by atoms with Gasteiger partial charge in [0.15, 0.2) is 5.84 Å². The Morgan fingerprint density at radius 3 is 2.85 bits per heavy atom. The van der Waals surface area contributed by atoms with Crippen LogP contribution in [0, 0.1) is 5.82 Å². The van der Waals surface area contributed by atoms with Crippen LogP contribution in [0.4, 0.5) is 4.39 Å². The van der Waals surface area contributed by atoms with Gasteiger partial charge >= 0.3 is 0 Å². The first-order valence-electron chi connectivity index (χ1n) is 6.20. The van der Waals surface area contributed by atoms with Crippen LogP contribution >= 0.6 is 0 Å². The van der Waals surface area contributed by atoms with Crippen molar-refractivity contribution in [2.75, 3.05) is 20.1 Å². The smallest absolute Gasteiger partial charge is 0.236 e. The van der Waals surface area contributed by atoms with Crippen molar-refractivity contribution in [2.24, 2.45) is 10.9 Å². The van der Waals surface area contributed by atoms with Crippen LogP contribution < -0.4 is 11.1 Å². The fourth-order valence-electron chi connectivity index (χ4n) is 1.61. The third-order valence-corrected chi connectivity index (χ3v) is 2.95. The second-order valence-electron chi connectivity index (χ2n) is 4.30. The largest absolute Gasteiger partial charge is 0.409 e. The molecule has 0 unspecified atom stereocenters. The predicted molar refractivity (Wildman–Crippen MR) is 73.9 cm³/mol. The number of likely N-dealkylation sites (N-methyl/N-ethyl adjacent to an activating group) is 1. The van der Waals surface area contributed by atoms with Crippen LogP contribution in [0.5, 0.6) is 0 Å². The van der Waals surface area contributed by atoms with E-state index in [2.05, 4.69) is 10.5 Å². The topological polar surface area (TPSA) is 91.0 Å². The van der Waals surface area contributed by atoms with Crippen molar-refractivity contribution in [1.29, 1.82) is 0 Å². The zero-order valence-electron chi connectivity index (χ0n) is 11.6. The molecular weight excluding hydrogens is 263 g/mol. The molecule has 1 amide bonds. The van der Waals surface area contributed by atoms with Gasteiger partial charge in [-0.05, 0) is 24.6 Å². The van der Waals surface area contributed by atoms with Crippen molar-refractivity contribution in [3.05, 3.63) is 35.1 Å². The minimum absolute atomic E-state index is 0.0417. The number of nitrogens with two attached hydrogens (primary N) is 1. The molecule has 0 radical (unpaired) electrons. The monoisotopic (exact) mass is 282 g/mol. The van der Waals surface area contributed by atoms with E-state index < -0.39 is 5.82 Å². The first kappa shape index (κ1) is 15.9. The molecule has 6 nitrogen and oxygen atoms in total. The number of rotatable bonds is 6. The van der Waals surface area contributed by atoms with E-state index in [0.29, 0.717) is 24.2 Å². The summed E-state index contributed by atoms with van der Waals surface area (Å²) >= 11 is 0. The molecule has 0 spiro atoms. The molecule has 1 aromatic rings. The van der Waals surface area contributed by atoms with Crippen LogP contribution in [-0.4, -0.2) is 42.0 Å². The third kappa shape index (κ3) is 4.20. The van der Waals surface area contributed by atoms with Crippen molar-refractivity contribution >= 4 is 11.7 Å². The van der Waals surface area contributed by atoms with E-state index >= 15 is 0 Å². The Hall–Kier alpha value is -2.15. The van der Waals surface area contributed by atoms with Gasteiger partial charge in [-0.3, -0.25) is 4.79 Å². The fourth-order valence-corrected chi connectivity index (χ4v) is 1.61. The molecule has 4 N–H and O–H groups in total. The molecule has 0 atom stereocenters. The van der Waals surface area contributed by atoms with E-state index in [-0.39, 0.29) is 18.3 Å². The van der Waals surface area contributed by atoms with Crippen molar-refractivity contribution in [2.45, 2.75) is 13.5 Å². The molecule has 0 aliphatic rings. The molecule has 7 heteroatoms. The van der Waals surface area contributed by atoms with E-state index in [1.807, 2.05) is 6.92 Å². The summed E-state index contributed by atoms with van der Waals surface area (Å²) in [5.74, 6) is -0.685. The third-order valence-electron chi connectivity index (χ3n) is 2.95. The number of amides is 1. The molecule has 20 heavy (non-hydrogen) atoms. The highest BCUT2D eigenvalue weighted by atomic mass is 19.1. The number of carbonyl (C=O) groups is 1. The minimum Gasteiger partial charge on any atom is -0.409 e. The maximum Gasteiger partial charge on any atom is 0.236 e. The van der Waals surface area contributed by atoms with Crippen LogP contribution in [0.2, 0.25) is 0 Å². The molecular formula is C13H19FN4O2. The summed E-state index contributed by atoms with van der Waals surface area (Å²) in [6, 6.07) is 4.00. The molecule has 0 heterocycles. The van der Waals surface area contributed by atoms with Crippen molar-refractivity contribution in [1.82, 2.24) is 10.2 Å². The van der Waals surface area contributed by atoms with Gasteiger partial charge < -0.3 is 21.2 Å². The van der Waals surface area contributed by atoms with Crippen molar-refractivity contribution in [3.8, 4) is 0 Å². The Morgan fingerprint density at radius 2 is 2.25 bits per heavy atom. The first-order chi connectivity index (χ1) is 9.49. The number of benzene rings is 1. The standard InChI is InChI=1S/C13H19FN4O2/c1-3-18(2)12(19)8-16-7-9-4-5-10(14)6-11(9)13(15)17-20/h4-6,16,20H,3,7-8H2,1-2H3,(H2,15,17). The summed E-state index contributed by atoms with van der Waals surface area (Å²) in [5.41, 5.74) is 6.44. The summed E-state index contributed by atoms with van der Waals surface area (Å²) in [6.45, 7) is 2.99. The summed E-state index contributed by atoms with van der Waals surface area (Å²) in [6.07, 6.45) is 0. The zero-order valence-corrected chi connectivity index (χ0v) is 11.6. The molecule has 0 bridgehead atoms. The van der Waals surface area contributed by atoms with Crippen LogP contribution in [0.3, 0.4) is 0 Å². The number of hydrogen-bond donors (Lipinski definition) is 3. The maximum absolute atomic E-state index is 13.2. The van der Waals surface area contributed by atoms with Crippen LogP contribution in [0.25, 0.3) is 0 Å². The van der Waals surface area contributed by atoms with Gasteiger partial charge in [0.2, 0.25) is 5.91 Å². The molecule has 0 aliphatic carbocycles. The highest BCUT2D eigenvalue weighted by molar-refractivity contribution is 5.98. The lowest BCUT2D eigenvalue weighted by atomic mass is 10.1. The van der Waals surface area contributed by atoms with E-state index in [0.717, 1.165) is 0 Å². The number of nitrogens with zero attached hydrogens (tertiary/aromatic N) is 2. The average molecular weight is 282 g/mol. The van der Waals surface area contributed by atoms with Gasteiger partial charge in [-0.2, -0.15) is 0 Å². The average Bonchev–Trinajstić information content (AvgIpc) is 2.46. The number of nitrogens with one attached hydrogen (secondary N) is 1. The van der Waals surface area contributed by atoms with Crippen molar-refractivity contribution in [3.63, 3.8) is 0 Å². The fraction of sp³-hybridized carbons (Fsp3) is 0.385. The van der Waals surface area contributed by atoms with Crippen LogP contribution in [-0.2, 0) is 11.3 Å². The second-order valence-corrected chi connectivity index (χ2v) is 4.30. The lowest BCUT2D eigenvalue weighted by Gasteiger charge is -2.15. The van der Waals surface area contributed by atoms with Gasteiger partial charge in [-0.15, -0.1) is 0 Å². The molecule has 0 aromatic heterocycles. The number of hydrogen-bond acceptors (Lipinski definition) is 4. The number of amidine groups is 1. The maximum atomic E-state index is 13.2. The Bertz CT molecular complexity index is 505. The summed E-state index contributed by atoms with van der Waals surface area (Å²) in [5, 5.41) is 14.5. The first-order valence-corrected chi connectivity index (χ1v) is 6.20. The lowest BCUT2D eigenvalue weighted by Crippen LogP contribution is -2.35. The SMILES string of the molecule is CCN(C)C(=O)CNCc1ccc(F)cc1/C(N)=N/O. The van der Waals surface area contributed by atoms with Gasteiger partial charge in [-0.25, -0.2) is 4.39 Å². The van der Waals surface area contributed by atoms with Crippen LogP contribution in [0.1, 0.15) is 18.1 Å². The number of oxime groups is 1. The van der Waals surface area contributed by atoms with E-state index in [1.54, 1.807) is 11.9 Å². The van der Waals surface area contributed by atoms with E-state index in [4.69, 9.17) is 10.9 Å². The molecule has 110 valence electrons. The van der Waals surface area contributed by atoms with Gasteiger partial charge in [0.25, 0.3) is 0 Å². The highest BCUT2D eigenvalue weighted by Crippen LogP contribution is 2.11. The zero-order chi connectivity index (χ0) is 15.1. The predicted octanol–water partition coefficient (Wildman–Crippen LogP) is 0.488. The normalized spacial score (nSPS) is 11.4. The van der Waals surface area contributed by atoms with Gasteiger partial charge in [-0.1, -0.05) is 11.2 Å². The Labute approximate surface area is 117 Å². The molecule has 1 aromatic carbocycles. The van der Waals surface area contributed by atoms with E-state index in [1.165, 1.54) is 18.2 Å². The summed E-state index contributed by atoms with van der Waals surface area (Å²) in [4.78, 5) is 13.2. The molecule has 0 saturated carbocycles. The lowest BCUT2D eigenvalue weighted by molar-refractivity contribution is -0.128. The quantitative estimate of drug-likeness (QED) is 0.306. The molecule has 0 aliphatic heterocycles. The molecule has 1 rings (SSSR count). The van der Waals surface area contributed by atoms with E-state index in [9.17, 15) is 9.18 Å². The molecule has 0 fully saturated rings. The van der Waals surface area contributed by atoms with Gasteiger partial charge in [0, 0.05) is 25.7 Å². The van der Waals surface area contributed by atoms with Gasteiger partial charge in [0.1, 0.15) is 5.82 Å². The molecule has 0 saturated heterocycles.